The highest BCUT2D eigenvalue weighted by Gasteiger charge is 2.20. The number of hydrogen-bond donors (Lipinski definition) is 2. The molecule has 0 unspecified atom stereocenters. The van der Waals surface area contributed by atoms with Crippen molar-refractivity contribution in [2.45, 2.75) is 25.7 Å². The third kappa shape index (κ3) is 3.94. The van der Waals surface area contributed by atoms with Crippen molar-refractivity contribution >= 4 is 28.8 Å². The van der Waals surface area contributed by atoms with Crippen LogP contribution in [0.4, 0.5) is 5.69 Å². The molecule has 1 aliphatic rings. The van der Waals surface area contributed by atoms with Crippen molar-refractivity contribution in [2.75, 3.05) is 11.9 Å². The number of amides is 2. The average Bonchev–Trinajstić information content (AvgIpc) is 3.31. The Labute approximate surface area is 166 Å². The van der Waals surface area contributed by atoms with Crippen LogP contribution in [-0.2, 0) is 13.5 Å². The van der Waals surface area contributed by atoms with Crippen molar-refractivity contribution in [3.63, 3.8) is 0 Å². The number of rotatable bonds is 0. The first-order valence-electron chi connectivity index (χ1n) is 9.14. The summed E-state index contributed by atoms with van der Waals surface area (Å²) >= 11 is 1.41. The van der Waals surface area contributed by atoms with E-state index in [1.54, 1.807) is 24.8 Å². The molecule has 0 aliphatic carbocycles. The monoisotopic (exact) mass is 396 g/mol. The van der Waals surface area contributed by atoms with Gasteiger partial charge in [-0.3, -0.25) is 19.3 Å². The maximum atomic E-state index is 12.6. The Kier molecular flexibility index (Phi) is 5.16. The molecule has 0 saturated heterocycles. The highest BCUT2D eigenvalue weighted by molar-refractivity contribution is 7.13. The van der Waals surface area contributed by atoms with Crippen molar-refractivity contribution < 1.29 is 9.59 Å². The molecule has 8 nitrogen and oxygen atoms in total. The average molecular weight is 396 g/mol. The lowest BCUT2D eigenvalue weighted by molar-refractivity contribution is 0.0948. The second kappa shape index (κ2) is 7.89. The largest absolute Gasteiger partial charge is 0.351 e. The molecule has 0 aromatic carbocycles. The second-order valence-electron chi connectivity index (χ2n) is 6.66. The smallest absolute Gasteiger partial charge is 0.275 e. The van der Waals surface area contributed by atoms with E-state index in [0.717, 1.165) is 41.9 Å². The van der Waals surface area contributed by atoms with E-state index in [9.17, 15) is 9.59 Å². The zero-order chi connectivity index (χ0) is 19.5. The van der Waals surface area contributed by atoms with Gasteiger partial charge in [-0.25, -0.2) is 4.98 Å². The van der Waals surface area contributed by atoms with Crippen molar-refractivity contribution in [3.05, 3.63) is 47.0 Å². The number of nitrogens with zero attached hydrogens (tertiary/aromatic N) is 4. The second-order valence-corrected chi connectivity index (χ2v) is 7.52. The molecule has 9 heteroatoms. The summed E-state index contributed by atoms with van der Waals surface area (Å²) in [6, 6.07) is 3.93. The molecule has 1 aliphatic heterocycles. The number of carbonyl (C=O) groups excluding carboxylic acids is 2. The Morgan fingerprint density at radius 3 is 2.96 bits per heavy atom. The molecular weight excluding hydrogens is 376 g/mol. The summed E-state index contributed by atoms with van der Waals surface area (Å²) in [5.74, 6) is -0.671. The van der Waals surface area contributed by atoms with Crippen LogP contribution in [0.25, 0.3) is 10.6 Å². The molecule has 144 valence electrons. The molecule has 4 bridgehead atoms. The standard InChI is InChI=1S/C19H20N6O2S/c1-25-10-14-16(24-25)18(27)21-7-4-2-3-5-13-9-12(6-8-20-13)19-23-15(11-28-19)17(26)22-14/h6,8-11H,2-5,7H2,1H3,(H,21,27)(H,22,26). The number of thiazole rings is 1. The fraction of sp³-hybridized carbons (Fsp3) is 0.316. The number of pyridine rings is 1. The topological polar surface area (TPSA) is 102 Å². The molecule has 0 spiro atoms. The van der Waals surface area contributed by atoms with Gasteiger partial charge in [0.25, 0.3) is 11.8 Å². The van der Waals surface area contributed by atoms with Gasteiger partial charge in [0, 0.05) is 42.6 Å². The third-order valence-electron chi connectivity index (χ3n) is 4.49. The maximum absolute atomic E-state index is 12.6. The van der Waals surface area contributed by atoms with E-state index in [1.807, 2.05) is 12.1 Å². The van der Waals surface area contributed by atoms with Crippen molar-refractivity contribution in [1.29, 1.82) is 0 Å². The molecule has 28 heavy (non-hydrogen) atoms. The molecule has 3 aromatic rings. The van der Waals surface area contributed by atoms with Crippen LogP contribution < -0.4 is 10.6 Å². The van der Waals surface area contributed by atoms with Crippen LogP contribution in [0.2, 0.25) is 0 Å². The Bertz CT molecular complexity index is 1030. The predicted molar refractivity (Wildman–Crippen MR) is 106 cm³/mol. The van der Waals surface area contributed by atoms with E-state index in [2.05, 4.69) is 25.7 Å². The van der Waals surface area contributed by atoms with Gasteiger partial charge < -0.3 is 10.6 Å². The van der Waals surface area contributed by atoms with E-state index in [-0.39, 0.29) is 17.5 Å². The normalized spacial score (nSPS) is 15.3. The molecule has 0 saturated carbocycles. The zero-order valence-electron chi connectivity index (χ0n) is 15.4. The van der Waals surface area contributed by atoms with Crippen LogP contribution in [-0.4, -0.2) is 38.1 Å². The van der Waals surface area contributed by atoms with Crippen LogP contribution in [0.1, 0.15) is 45.9 Å². The number of nitrogens with one attached hydrogen (secondary N) is 2. The van der Waals surface area contributed by atoms with Crippen LogP contribution in [0.5, 0.6) is 0 Å². The Morgan fingerprint density at radius 2 is 2.07 bits per heavy atom. The number of fused-ring (bicyclic) bond motifs is 6. The molecule has 4 rings (SSSR count). The van der Waals surface area contributed by atoms with Gasteiger partial charge in [0.05, 0.1) is 5.69 Å². The summed E-state index contributed by atoms with van der Waals surface area (Å²) in [6.45, 7) is 0.561. The minimum atomic E-state index is -0.372. The minimum absolute atomic E-state index is 0.200. The number of anilines is 1. The quantitative estimate of drug-likeness (QED) is 0.608. The SMILES string of the molecule is Cn1cc2c(n1)C(=O)NCCCCCc1cc(ccn1)-c1nc(cs1)C(=O)N2. The van der Waals surface area contributed by atoms with Gasteiger partial charge in [-0.2, -0.15) is 5.10 Å². The summed E-state index contributed by atoms with van der Waals surface area (Å²) in [5, 5.41) is 12.3. The fourth-order valence-corrected chi connectivity index (χ4v) is 3.88. The van der Waals surface area contributed by atoms with Crippen LogP contribution in [0.15, 0.2) is 29.9 Å². The minimum Gasteiger partial charge on any atom is -0.351 e. The number of hydrogen-bond acceptors (Lipinski definition) is 6. The third-order valence-corrected chi connectivity index (χ3v) is 5.38. The van der Waals surface area contributed by atoms with Crippen LogP contribution in [0, 0.1) is 0 Å². The number of aryl methyl sites for hydroxylation is 2. The molecule has 4 heterocycles. The molecule has 0 fully saturated rings. The van der Waals surface area contributed by atoms with E-state index in [0.29, 0.717) is 17.9 Å². The molecule has 2 N–H and O–H groups in total. The van der Waals surface area contributed by atoms with Gasteiger partial charge in [-0.15, -0.1) is 11.3 Å². The van der Waals surface area contributed by atoms with E-state index < -0.39 is 0 Å². The van der Waals surface area contributed by atoms with Gasteiger partial charge in [0.1, 0.15) is 10.7 Å². The van der Waals surface area contributed by atoms with Crippen LogP contribution in [0.3, 0.4) is 0 Å². The van der Waals surface area contributed by atoms with Gasteiger partial charge in [0.15, 0.2) is 5.69 Å². The van der Waals surface area contributed by atoms with Crippen molar-refractivity contribution in [3.8, 4) is 10.6 Å². The Hall–Kier alpha value is -3.07. The van der Waals surface area contributed by atoms with E-state index in [4.69, 9.17) is 0 Å². The summed E-state index contributed by atoms with van der Waals surface area (Å²) < 4.78 is 1.51. The predicted octanol–water partition coefficient (Wildman–Crippen LogP) is 2.65. The van der Waals surface area contributed by atoms with Gasteiger partial charge in [0.2, 0.25) is 0 Å². The fourth-order valence-electron chi connectivity index (χ4n) is 3.09. The van der Waals surface area contributed by atoms with Gasteiger partial charge >= 0.3 is 0 Å². The number of aromatic nitrogens is 4. The lowest BCUT2D eigenvalue weighted by Gasteiger charge is -2.06. The highest BCUT2D eigenvalue weighted by Crippen LogP contribution is 2.25. The van der Waals surface area contributed by atoms with Crippen molar-refractivity contribution in [2.24, 2.45) is 7.05 Å². The first-order chi connectivity index (χ1) is 13.6. The van der Waals surface area contributed by atoms with E-state index in [1.165, 1.54) is 16.0 Å². The lowest BCUT2D eigenvalue weighted by Crippen LogP contribution is -2.26. The summed E-state index contributed by atoms with van der Waals surface area (Å²) in [4.78, 5) is 34.0. The van der Waals surface area contributed by atoms with Gasteiger partial charge in [-0.05, 0) is 31.4 Å². The van der Waals surface area contributed by atoms with Crippen molar-refractivity contribution in [1.82, 2.24) is 25.1 Å². The zero-order valence-corrected chi connectivity index (χ0v) is 16.3. The Morgan fingerprint density at radius 1 is 1.18 bits per heavy atom. The summed E-state index contributed by atoms with van der Waals surface area (Å²) in [6.07, 6.45) is 7.11. The van der Waals surface area contributed by atoms with Gasteiger partial charge in [-0.1, -0.05) is 6.42 Å². The Balaban J connectivity index is 1.67. The number of carbonyl (C=O) groups is 2. The molecule has 0 radical (unpaired) electrons. The summed E-state index contributed by atoms with van der Waals surface area (Å²) in [7, 11) is 1.71. The maximum Gasteiger partial charge on any atom is 0.275 e. The lowest BCUT2D eigenvalue weighted by atomic mass is 10.1. The van der Waals surface area contributed by atoms with Crippen LogP contribution >= 0.6 is 11.3 Å². The first kappa shape index (κ1) is 18.3. The molecule has 3 aromatic heterocycles. The summed E-state index contributed by atoms with van der Waals surface area (Å²) in [5.41, 5.74) is 2.83. The molecule has 0 atom stereocenters. The van der Waals surface area contributed by atoms with E-state index >= 15 is 0 Å². The highest BCUT2D eigenvalue weighted by atomic mass is 32.1. The molecular formula is C19H20N6O2S. The molecule has 2 amide bonds. The first-order valence-corrected chi connectivity index (χ1v) is 10.0.